The number of hydrogen-bond acceptors (Lipinski definition) is 3. The summed E-state index contributed by atoms with van der Waals surface area (Å²) in [6.07, 6.45) is 1.48. The Balaban J connectivity index is 2.01. The molecule has 1 amide bonds. The van der Waals surface area contributed by atoms with Gasteiger partial charge in [-0.05, 0) is 54.4 Å². The van der Waals surface area contributed by atoms with Crippen LogP contribution in [0.1, 0.15) is 21.5 Å². The molecular weight excluding hydrogens is 271 g/mol. The molecule has 2 aromatic carbocycles. The highest BCUT2D eigenvalue weighted by Gasteiger charge is 2.04. The first-order chi connectivity index (χ1) is 10.1. The molecule has 0 fully saturated rings. The van der Waals surface area contributed by atoms with E-state index < -0.39 is 0 Å². The van der Waals surface area contributed by atoms with Gasteiger partial charge in [-0.1, -0.05) is 6.07 Å². The number of carbonyl (C=O) groups excluding carboxylic acids is 1. The summed E-state index contributed by atoms with van der Waals surface area (Å²) in [7, 11) is 1.56. The zero-order valence-corrected chi connectivity index (χ0v) is 11.8. The highest BCUT2D eigenvalue weighted by Crippen LogP contribution is 2.11. The minimum absolute atomic E-state index is 0.299. The van der Waals surface area contributed by atoms with Crippen molar-refractivity contribution < 1.29 is 13.9 Å². The number of carbonyl (C=O) groups is 1. The molecule has 0 aliphatic rings. The number of nitrogens with zero attached hydrogens (tertiary/aromatic N) is 1. The number of methoxy groups -OCH3 is 1. The lowest BCUT2D eigenvalue weighted by Gasteiger charge is -2.03. The van der Waals surface area contributed by atoms with Crippen molar-refractivity contribution in [3.63, 3.8) is 0 Å². The molecule has 21 heavy (non-hydrogen) atoms. The summed E-state index contributed by atoms with van der Waals surface area (Å²) in [4.78, 5) is 11.8. The number of ether oxygens (including phenoxy) is 1. The van der Waals surface area contributed by atoms with Crippen LogP contribution in [0.25, 0.3) is 0 Å². The number of rotatable bonds is 4. The fourth-order valence-corrected chi connectivity index (χ4v) is 1.75. The van der Waals surface area contributed by atoms with E-state index in [1.807, 2.05) is 0 Å². The number of nitrogens with one attached hydrogen (secondary N) is 1. The molecule has 0 saturated heterocycles. The summed E-state index contributed by atoms with van der Waals surface area (Å²) in [5.41, 5.74) is 4.39. The van der Waals surface area contributed by atoms with Crippen molar-refractivity contribution in [1.82, 2.24) is 5.43 Å². The van der Waals surface area contributed by atoms with Crippen LogP contribution in [0.2, 0.25) is 0 Å². The van der Waals surface area contributed by atoms with Gasteiger partial charge in [0.15, 0.2) is 0 Å². The number of hydrazone groups is 1. The predicted octanol–water partition coefficient (Wildman–Crippen LogP) is 2.91. The van der Waals surface area contributed by atoms with Gasteiger partial charge in [-0.2, -0.15) is 5.10 Å². The summed E-state index contributed by atoms with van der Waals surface area (Å²) in [6.45, 7) is 1.77. The number of aryl methyl sites for hydroxylation is 1. The van der Waals surface area contributed by atoms with Gasteiger partial charge in [-0.25, -0.2) is 9.82 Å². The Morgan fingerprint density at radius 2 is 1.95 bits per heavy atom. The van der Waals surface area contributed by atoms with E-state index in [4.69, 9.17) is 4.74 Å². The molecule has 0 bridgehead atoms. The maximum Gasteiger partial charge on any atom is 0.271 e. The molecule has 0 unspecified atom stereocenters. The maximum absolute atomic E-state index is 13.0. The lowest BCUT2D eigenvalue weighted by molar-refractivity contribution is 0.0955. The molecule has 0 spiro atoms. The van der Waals surface area contributed by atoms with E-state index in [0.717, 1.165) is 11.1 Å². The van der Waals surface area contributed by atoms with Gasteiger partial charge in [0, 0.05) is 5.56 Å². The van der Waals surface area contributed by atoms with E-state index in [2.05, 4.69) is 10.5 Å². The Hall–Kier alpha value is -2.69. The Morgan fingerprint density at radius 1 is 1.24 bits per heavy atom. The van der Waals surface area contributed by atoms with Crippen molar-refractivity contribution in [2.24, 2.45) is 5.10 Å². The normalized spacial score (nSPS) is 10.6. The number of benzene rings is 2. The van der Waals surface area contributed by atoms with Crippen LogP contribution in [0.15, 0.2) is 47.6 Å². The summed E-state index contributed by atoms with van der Waals surface area (Å²) >= 11 is 0. The second kappa shape index (κ2) is 6.65. The molecule has 1 N–H and O–H groups in total. The van der Waals surface area contributed by atoms with Gasteiger partial charge in [0.05, 0.1) is 13.3 Å². The number of hydrogen-bond donors (Lipinski definition) is 1. The quantitative estimate of drug-likeness (QED) is 0.694. The van der Waals surface area contributed by atoms with Gasteiger partial charge in [-0.3, -0.25) is 4.79 Å². The monoisotopic (exact) mass is 286 g/mol. The summed E-state index contributed by atoms with van der Waals surface area (Å²) in [6, 6.07) is 11.0. The van der Waals surface area contributed by atoms with Crippen molar-refractivity contribution in [3.8, 4) is 5.75 Å². The van der Waals surface area contributed by atoms with Gasteiger partial charge in [0.2, 0.25) is 0 Å². The van der Waals surface area contributed by atoms with E-state index >= 15 is 0 Å². The number of halogens is 1. The Morgan fingerprint density at radius 3 is 2.57 bits per heavy atom. The van der Waals surface area contributed by atoms with Gasteiger partial charge in [0.1, 0.15) is 11.6 Å². The lowest BCUT2D eigenvalue weighted by Crippen LogP contribution is -2.17. The van der Waals surface area contributed by atoms with Crippen LogP contribution in [-0.4, -0.2) is 19.2 Å². The fraction of sp³-hybridized carbons (Fsp3) is 0.125. The van der Waals surface area contributed by atoms with Crippen LogP contribution in [-0.2, 0) is 0 Å². The second-order valence-corrected chi connectivity index (χ2v) is 4.43. The summed E-state index contributed by atoms with van der Waals surface area (Å²) in [5, 5.41) is 3.87. The van der Waals surface area contributed by atoms with Gasteiger partial charge in [-0.15, -0.1) is 0 Å². The average molecular weight is 286 g/mol. The van der Waals surface area contributed by atoms with Crippen LogP contribution in [0, 0.1) is 12.7 Å². The Kier molecular flexibility index (Phi) is 4.66. The summed E-state index contributed by atoms with van der Waals surface area (Å²) in [5.74, 6) is 0.0533. The van der Waals surface area contributed by atoms with Gasteiger partial charge >= 0.3 is 0 Å². The highest BCUT2D eigenvalue weighted by molar-refractivity contribution is 5.95. The van der Waals surface area contributed by atoms with Gasteiger partial charge < -0.3 is 4.74 Å². The zero-order valence-electron chi connectivity index (χ0n) is 11.8. The van der Waals surface area contributed by atoms with E-state index in [1.54, 1.807) is 44.4 Å². The molecule has 2 rings (SSSR count). The smallest absolute Gasteiger partial charge is 0.271 e. The van der Waals surface area contributed by atoms with E-state index in [1.165, 1.54) is 18.3 Å². The third-order valence-corrected chi connectivity index (χ3v) is 2.95. The van der Waals surface area contributed by atoms with Gasteiger partial charge in [0.25, 0.3) is 5.91 Å². The van der Waals surface area contributed by atoms with Crippen LogP contribution in [0.5, 0.6) is 5.75 Å². The maximum atomic E-state index is 13.0. The van der Waals surface area contributed by atoms with E-state index in [0.29, 0.717) is 11.3 Å². The van der Waals surface area contributed by atoms with Crippen molar-refractivity contribution in [2.45, 2.75) is 6.92 Å². The molecule has 0 saturated carbocycles. The minimum atomic E-state index is -0.325. The second-order valence-electron chi connectivity index (χ2n) is 4.43. The minimum Gasteiger partial charge on any atom is -0.497 e. The predicted molar refractivity (Wildman–Crippen MR) is 79.2 cm³/mol. The molecule has 5 heteroatoms. The average Bonchev–Trinajstić information content (AvgIpc) is 2.49. The van der Waals surface area contributed by atoms with Crippen molar-refractivity contribution in [2.75, 3.05) is 7.11 Å². The third-order valence-electron chi connectivity index (χ3n) is 2.95. The lowest BCUT2D eigenvalue weighted by atomic mass is 10.1. The Bertz CT molecular complexity index is 666. The zero-order chi connectivity index (χ0) is 15.2. The Labute approximate surface area is 122 Å². The molecule has 0 aromatic heterocycles. The molecule has 0 aliphatic heterocycles. The molecule has 0 aliphatic carbocycles. The van der Waals surface area contributed by atoms with Crippen LogP contribution in [0.3, 0.4) is 0 Å². The van der Waals surface area contributed by atoms with Crippen LogP contribution >= 0.6 is 0 Å². The van der Waals surface area contributed by atoms with Crippen molar-refractivity contribution >= 4 is 12.1 Å². The first-order valence-electron chi connectivity index (χ1n) is 6.34. The van der Waals surface area contributed by atoms with E-state index in [9.17, 15) is 9.18 Å². The topological polar surface area (TPSA) is 50.7 Å². The van der Waals surface area contributed by atoms with Crippen LogP contribution in [0.4, 0.5) is 4.39 Å². The largest absolute Gasteiger partial charge is 0.497 e. The standard InChI is InChI=1S/C16H15FN2O2/c1-11-9-14(17)6-3-13(11)10-18-19-16(20)12-4-7-15(21-2)8-5-12/h3-10H,1-2H3,(H,19,20). The molecular formula is C16H15FN2O2. The first kappa shape index (κ1) is 14.7. The highest BCUT2D eigenvalue weighted by atomic mass is 19.1. The number of amides is 1. The first-order valence-corrected chi connectivity index (χ1v) is 6.34. The van der Waals surface area contributed by atoms with Crippen molar-refractivity contribution in [1.29, 1.82) is 0 Å². The van der Waals surface area contributed by atoms with Crippen LogP contribution < -0.4 is 10.2 Å². The molecule has 0 radical (unpaired) electrons. The van der Waals surface area contributed by atoms with Crippen molar-refractivity contribution in [3.05, 3.63) is 65.0 Å². The molecule has 4 nitrogen and oxygen atoms in total. The van der Waals surface area contributed by atoms with E-state index in [-0.39, 0.29) is 11.7 Å². The third kappa shape index (κ3) is 3.89. The summed E-state index contributed by atoms with van der Waals surface area (Å²) < 4.78 is 18.0. The molecule has 108 valence electrons. The molecule has 2 aromatic rings. The SMILES string of the molecule is COc1ccc(C(=O)NN=Cc2ccc(F)cc2C)cc1. The fourth-order valence-electron chi connectivity index (χ4n) is 1.75. The molecule has 0 heterocycles. The molecule has 0 atom stereocenters.